The van der Waals surface area contributed by atoms with Gasteiger partial charge >= 0.3 is 0 Å². The molecule has 1 N–H and O–H groups in total. The maximum absolute atomic E-state index is 13.5. The van der Waals surface area contributed by atoms with Crippen molar-refractivity contribution >= 4 is 5.91 Å². The van der Waals surface area contributed by atoms with Crippen LogP contribution in [0.2, 0.25) is 0 Å². The predicted octanol–water partition coefficient (Wildman–Crippen LogP) is 1.67. The summed E-state index contributed by atoms with van der Waals surface area (Å²) in [5.41, 5.74) is 0.628. The fraction of sp³-hybridized carbons (Fsp3) is 0.500. The van der Waals surface area contributed by atoms with Crippen molar-refractivity contribution in [2.45, 2.75) is 25.4 Å². The summed E-state index contributed by atoms with van der Waals surface area (Å²) in [4.78, 5) is 11.7. The first-order chi connectivity index (χ1) is 9.19. The van der Waals surface area contributed by atoms with Gasteiger partial charge in [-0.2, -0.15) is 0 Å². The second-order valence-electron chi connectivity index (χ2n) is 4.58. The zero-order valence-corrected chi connectivity index (χ0v) is 10.9. The first-order valence-electron chi connectivity index (χ1n) is 6.40. The van der Waals surface area contributed by atoms with E-state index in [0.717, 1.165) is 19.4 Å². The van der Waals surface area contributed by atoms with Crippen molar-refractivity contribution in [2.24, 2.45) is 0 Å². The van der Waals surface area contributed by atoms with Crippen LogP contribution in [0, 0.1) is 5.82 Å². The van der Waals surface area contributed by atoms with Gasteiger partial charge in [-0.25, -0.2) is 4.39 Å². The molecule has 1 aromatic rings. The van der Waals surface area contributed by atoms with Crippen LogP contribution in [0.3, 0.4) is 0 Å². The Labute approximate surface area is 111 Å². The van der Waals surface area contributed by atoms with Crippen LogP contribution in [0.5, 0.6) is 5.75 Å². The van der Waals surface area contributed by atoms with Crippen LogP contribution >= 0.6 is 0 Å². The highest BCUT2D eigenvalue weighted by atomic mass is 19.1. The van der Waals surface area contributed by atoms with Crippen LogP contribution in [0.1, 0.15) is 18.4 Å². The Kier molecular flexibility index (Phi) is 4.74. The first-order valence-corrected chi connectivity index (χ1v) is 6.40. The number of halogens is 1. The van der Waals surface area contributed by atoms with Gasteiger partial charge in [0.25, 0.3) is 0 Å². The number of ether oxygens (including phenoxy) is 2. The minimum Gasteiger partial charge on any atom is -0.494 e. The molecule has 1 aliphatic rings. The Balaban J connectivity index is 1.82. The van der Waals surface area contributed by atoms with Gasteiger partial charge in [0.05, 0.1) is 19.6 Å². The minimum atomic E-state index is -0.452. The number of methoxy groups -OCH3 is 1. The van der Waals surface area contributed by atoms with Crippen molar-refractivity contribution in [1.29, 1.82) is 0 Å². The van der Waals surface area contributed by atoms with Crippen molar-refractivity contribution < 1.29 is 18.7 Å². The number of carbonyl (C=O) groups excluding carboxylic acids is 1. The lowest BCUT2D eigenvalue weighted by Crippen LogP contribution is -2.32. The van der Waals surface area contributed by atoms with E-state index in [1.807, 2.05) is 0 Å². The van der Waals surface area contributed by atoms with Crippen LogP contribution in [-0.2, 0) is 16.0 Å². The number of carbonyl (C=O) groups is 1. The molecule has 0 saturated carbocycles. The average molecular weight is 267 g/mol. The summed E-state index contributed by atoms with van der Waals surface area (Å²) in [6.07, 6.45) is 2.31. The van der Waals surface area contributed by atoms with Gasteiger partial charge in [-0.1, -0.05) is 6.07 Å². The summed E-state index contributed by atoms with van der Waals surface area (Å²) in [7, 11) is 1.41. The van der Waals surface area contributed by atoms with E-state index in [-0.39, 0.29) is 24.2 Å². The maximum atomic E-state index is 13.5. The van der Waals surface area contributed by atoms with Gasteiger partial charge in [-0.15, -0.1) is 0 Å². The Morgan fingerprint density at radius 1 is 1.58 bits per heavy atom. The van der Waals surface area contributed by atoms with Gasteiger partial charge in [-0.05, 0) is 30.5 Å². The summed E-state index contributed by atoms with van der Waals surface area (Å²) < 4.78 is 23.7. The number of hydrogen-bond donors (Lipinski definition) is 1. The van der Waals surface area contributed by atoms with E-state index in [1.165, 1.54) is 19.2 Å². The monoisotopic (exact) mass is 267 g/mol. The molecule has 1 aromatic carbocycles. The molecule has 1 atom stereocenters. The van der Waals surface area contributed by atoms with Crippen LogP contribution < -0.4 is 10.1 Å². The third-order valence-electron chi connectivity index (χ3n) is 3.13. The Morgan fingerprint density at radius 2 is 2.42 bits per heavy atom. The molecule has 1 saturated heterocycles. The van der Waals surface area contributed by atoms with Gasteiger partial charge in [-0.3, -0.25) is 4.79 Å². The lowest BCUT2D eigenvalue weighted by Gasteiger charge is -2.11. The molecule has 2 rings (SSSR count). The second kappa shape index (κ2) is 6.52. The van der Waals surface area contributed by atoms with E-state index in [1.54, 1.807) is 6.07 Å². The summed E-state index contributed by atoms with van der Waals surface area (Å²) in [5, 5.41) is 2.80. The molecule has 0 spiro atoms. The van der Waals surface area contributed by atoms with Gasteiger partial charge < -0.3 is 14.8 Å². The molecule has 19 heavy (non-hydrogen) atoms. The average Bonchev–Trinajstić information content (AvgIpc) is 2.90. The molecule has 1 aliphatic heterocycles. The van der Waals surface area contributed by atoms with E-state index in [0.29, 0.717) is 12.1 Å². The molecule has 104 valence electrons. The SMILES string of the molecule is COc1ccc(CC(=O)NC[C@@H]2CCCO2)cc1F. The summed E-state index contributed by atoms with van der Waals surface area (Å²) in [6, 6.07) is 4.54. The number of nitrogens with one attached hydrogen (secondary N) is 1. The van der Waals surface area contributed by atoms with E-state index < -0.39 is 5.82 Å². The van der Waals surface area contributed by atoms with Crippen molar-refractivity contribution in [3.63, 3.8) is 0 Å². The van der Waals surface area contributed by atoms with E-state index in [2.05, 4.69) is 5.32 Å². The van der Waals surface area contributed by atoms with Gasteiger partial charge in [0.15, 0.2) is 11.6 Å². The molecule has 4 nitrogen and oxygen atoms in total. The van der Waals surface area contributed by atoms with E-state index in [4.69, 9.17) is 9.47 Å². The quantitative estimate of drug-likeness (QED) is 0.883. The fourth-order valence-corrected chi connectivity index (χ4v) is 2.10. The van der Waals surface area contributed by atoms with E-state index >= 15 is 0 Å². The fourth-order valence-electron chi connectivity index (χ4n) is 2.10. The van der Waals surface area contributed by atoms with Crippen LogP contribution in [0.25, 0.3) is 0 Å². The number of rotatable bonds is 5. The van der Waals surface area contributed by atoms with Gasteiger partial charge in [0.1, 0.15) is 0 Å². The third-order valence-corrected chi connectivity index (χ3v) is 3.13. The number of hydrogen-bond acceptors (Lipinski definition) is 3. The van der Waals surface area contributed by atoms with Crippen LogP contribution in [0.15, 0.2) is 18.2 Å². The Bertz CT molecular complexity index is 444. The lowest BCUT2D eigenvalue weighted by atomic mass is 10.1. The summed E-state index contributed by atoms with van der Waals surface area (Å²) in [6.45, 7) is 1.29. The highest BCUT2D eigenvalue weighted by molar-refractivity contribution is 5.78. The molecule has 0 radical (unpaired) electrons. The molecule has 1 amide bonds. The first kappa shape index (κ1) is 13.8. The second-order valence-corrected chi connectivity index (χ2v) is 4.58. The molecule has 5 heteroatoms. The van der Waals surface area contributed by atoms with Crippen molar-refractivity contribution in [1.82, 2.24) is 5.32 Å². The smallest absolute Gasteiger partial charge is 0.224 e. The highest BCUT2D eigenvalue weighted by Crippen LogP contribution is 2.18. The number of benzene rings is 1. The summed E-state index contributed by atoms with van der Waals surface area (Å²) in [5.74, 6) is -0.393. The zero-order valence-electron chi connectivity index (χ0n) is 10.9. The Hall–Kier alpha value is -1.62. The standard InChI is InChI=1S/C14H18FNO3/c1-18-13-5-4-10(7-12(13)15)8-14(17)16-9-11-3-2-6-19-11/h4-5,7,11H,2-3,6,8-9H2,1H3,(H,16,17)/t11-/m0/s1. The highest BCUT2D eigenvalue weighted by Gasteiger charge is 2.16. The Morgan fingerprint density at radius 3 is 3.05 bits per heavy atom. The van der Waals surface area contributed by atoms with Crippen molar-refractivity contribution in [2.75, 3.05) is 20.3 Å². The largest absolute Gasteiger partial charge is 0.494 e. The molecular weight excluding hydrogens is 249 g/mol. The maximum Gasteiger partial charge on any atom is 0.224 e. The van der Waals surface area contributed by atoms with Crippen LogP contribution in [0.4, 0.5) is 4.39 Å². The van der Waals surface area contributed by atoms with Crippen LogP contribution in [-0.4, -0.2) is 32.3 Å². The van der Waals surface area contributed by atoms with Crippen molar-refractivity contribution in [3.05, 3.63) is 29.6 Å². The third kappa shape index (κ3) is 3.92. The predicted molar refractivity (Wildman–Crippen MR) is 68.6 cm³/mol. The molecule has 0 unspecified atom stereocenters. The summed E-state index contributed by atoms with van der Waals surface area (Å²) >= 11 is 0. The molecule has 0 bridgehead atoms. The molecule has 0 aromatic heterocycles. The van der Waals surface area contributed by atoms with Gasteiger partial charge in [0, 0.05) is 13.2 Å². The minimum absolute atomic E-state index is 0.122. The van der Waals surface area contributed by atoms with Crippen molar-refractivity contribution in [3.8, 4) is 5.75 Å². The zero-order chi connectivity index (χ0) is 13.7. The molecular formula is C14H18FNO3. The number of amides is 1. The van der Waals surface area contributed by atoms with Gasteiger partial charge in [0.2, 0.25) is 5.91 Å². The normalized spacial score (nSPS) is 18.3. The topological polar surface area (TPSA) is 47.6 Å². The van der Waals surface area contributed by atoms with E-state index in [9.17, 15) is 9.18 Å². The molecule has 1 fully saturated rings. The molecule has 1 heterocycles. The lowest BCUT2D eigenvalue weighted by molar-refractivity contribution is -0.120. The molecule has 0 aliphatic carbocycles.